The first-order valence-corrected chi connectivity index (χ1v) is 4.01. The molecule has 3 nitrogen and oxygen atoms in total. The van der Waals surface area contributed by atoms with Crippen molar-refractivity contribution >= 4 is 5.69 Å². The van der Waals surface area contributed by atoms with Gasteiger partial charge in [0.2, 0.25) is 0 Å². The van der Waals surface area contributed by atoms with Crippen LogP contribution in [0.2, 0.25) is 0 Å². The third kappa shape index (κ3) is 2.17. The number of halogens is 1. The molecule has 72 valence electrons. The maximum atomic E-state index is 12.7. The van der Waals surface area contributed by atoms with Gasteiger partial charge in [-0.25, -0.2) is 4.39 Å². The monoisotopic (exact) mass is 184 g/mol. The maximum Gasteiger partial charge on any atom is 0.146 e. The Morgan fingerprint density at radius 1 is 1.46 bits per heavy atom. The lowest BCUT2D eigenvalue weighted by Crippen LogP contribution is -2.24. The van der Waals surface area contributed by atoms with Gasteiger partial charge in [-0.3, -0.25) is 0 Å². The molecule has 13 heavy (non-hydrogen) atoms. The fourth-order valence-electron chi connectivity index (χ4n) is 1.05. The average molecular weight is 184 g/mol. The molecule has 4 heteroatoms. The molecule has 0 bridgehead atoms. The fraction of sp³-hybridized carbons (Fsp3) is 0.333. The second-order valence-corrected chi connectivity index (χ2v) is 3.08. The highest BCUT2D eigenvalue weighted by atomic mass is 19.1. The minimum absolute atomic E-state index is 0.0252. The average Bonchev–Trinajstić information content (AvgIpc) is 2.08. The number of aliphatic hydroxyl groups excluding tert-OH is 1. The predicted octanol–water partition coefficient (Wildman–Crippen LogP) is 0.789. The summed E-state index contributed by atoms with van der Waals surface area (Å²) in [4.78, 5) is 0. The van der Waals surface area contributed by atoms with E-state index in [2.05, 4.69) is 0 Å². The molecule has 0 spiro atoms. The van der Waals surface area contributed by atoms with Gasteiger partial charge in [-0.15, -0.1) is 0 Å². The highest BCUT2D eigenvalue weighted by Crippen LogP contribution is 2.19. The van der Waals surface area contributed by atoms with Gasteiger partial charge in [-0.05, 0) is 24.6 Å². The van der Waals surface area contributed by atoms with E-state index in [1.807, 2.05) is 0 Å². The van der Waals surface area contributed by atoms with E-state index in [4.69, 9.17) is 11.5 Å². The third-order valence-corrected chi connectivity index (χ3v) is 1.86. The third-order valence-electron chi connectivity index (χ3n) is 1.86. The zero-order chi connectivity index (χ0) is 10.0. The number of anilines is 1. The first kappa shape index (κ1) is 9.95. The van der Waals surface area contributed by atoms with Crippen molar-refractivity contribution in [2.45, 2.75) is 19.1 Å². The molecule has 0 fully saturated rings. The molecule has 1 aromatic rings. The second-order valence-electron chi connectivity index (χ2n) is 3.08. The SMILES string of the molecule is CC(N)C(O)c1ccc(F)c(N)c1. The van der Waals surface area contributed by atoms with Crippen LogP contribution in [0.4, 0.5) is 10.1 Å². The Morgan fingerprint density at radius 3 is 2.54 bits per heavy atom. The predicted molar refractivity (Wildman–Crippen MR) is 49.4 cm³/mol. The number of aliphatic hydroxyl groups is 1. The smallest absolute Gasteiger partial charge is 0.146 e. The Bertz CT molecular complexity index is 302. The van der Waals surface area contributed by atoms with Crippen molar-refractivity contribution in [3.05, 3.63) is 29.6 Å². The Balaban J connectivity index is 2.97. The van der Waals surface area contributed by atoms with Crippen molar-refractivity contribution < 1.29 is 9.50 Å². The highest BCUT2D eigenvalue weighted by molar-refractivity contribution is 5.43. The van der Waals surface area contributed by atoms with E-state index in [0.717, 1.165) is 0 Å². The van der Waals surface area contributed by atoms with Gasteiger partial charge in [0.25, 0.3) is 0 Å². The minimum atomic E-state index is -0.803. The molecular weight excluding hydrogens is 171 g/mol. The maximum absolute atomic E-state index is 12.7. The van der Waals surface area contributed by atoms with Crippen molar-refractivity contribution in [2.75, 3.05) is 5.73 Å². The van der Waals surface area contributed by atoms with Gasteiger partial charge in [0.15, 0.2) is 0 Å². The molecule has 5 N–H and O–H groups in total. The molecule has 1 aromatic carbocycles. The summed E-state index contributed by atoms with van der Waals surface area (Å²) in [7, 11) is 0. The van der Waals surface area contributed by atoms with Gasteiger partial charge >= 0.3 is 0 Å². The summed E-state index contributed by atoms with van der Waals surface area (Å²) >= 11 is 0. The molecule has 0 aliphatic rings. The number of nitrogens with two attached hydrogens (primary N) is 2. The fourth-order valence-corrected chi connectivity index (χ4v) is 1.05. The van der Waals surface area contributed by atoms with Gasteiger partial charge in [0.05, 0.1) is 11.8 Å². The van der Waals surface area contributed by atoms with Crippen molar-refractivity contribution in [1.82, 2.24) is 0 Å². The number of hydrogen-bond acceptors (Lipinski definition) is 3. The van der Waals surface area contributed by atoms with Crippen LogP contribution in [0.15, 0.2) is 18.2 Å². The number of nitrogen functional groups attached to an aromatic ring is 1. The summed E-state index contributed by atoms with van der Waals surface area (Å²) in [5, 5.41) is 9.51. The van der Waals surface area contributed by atoms with E-state index in [-0.39, 0.29) is 5.69 Å². The lowest BCUT2D eigenvalue weighted by molar-refractivity contribution is 0.153. The van der Waals surface area contributed by atoms with Gasteiger partial charge in [0.1, 0.15) is 5.82 Å². The summed E-state index contributed by atoms with van der Waals surface area (Å²) in [5.74, 6) is -0.486. The van der Waals surface area contributed by atoms with E-state index in [1.165, 1.54) is 18.2 Å². The lowest BCUT2D eigenvalue weighted by atomic mass is 10.0. The van der Waals surface area contributed by atoms with Crippen LogP contribution in [-0.4, -0.2) is 11.1 Å². The Hall–Kier alpha value is -1.13. The molecule has 2 atom stereocenters. The van der Waals surface area contributed by atoms with Crippen molar-refractivity contribution in [1.29, 1.82) is 0 Å². The highest BCUT2D eigenvalue weighted by Gasteiger charge is 2.13. The lowest BCUT2D eigenvalue weighted by Gasteiger charge is -2.15. The first-order chi connectivity index (χ1) is 6.02. The van der Waals surface area contributed by atoms with Crippen LogP contribution < -0.4 is 11.5 Å². The first-order valence-electron chi connectivity index (χ1n) is 4.01. The van der Waals surface area contributed by atoms with Crippen molar-refractivity contribution in [2.24, 2.45) is 5.73 Å². The van der Waals surface area contributed by atoms with Crippen molar-refractivity contribution in [3.8, 4) is 0 Å². The van der Waals surface area contributed by atoms with Crippen LogP contribution in [-0.2, 0) is 0 Å². The molecule has 1 rings (SSSR count). The molecule has 2 unspecified atom stereocenters. The Kier molecular flexibility index (Phi) is 2.85. The van der Waals surface area contributed by atoms with E-state index in [0.29, 0.717) is 5.56 Å². The Labute approximate surface area is 76.2 Å². The summed E-state index contributed by atoms with van der Waals surface area (Å²) in [5.41, 5.74) is 11.4. The summed E-state index contributed by atoms with van der Waals surface area (Å²) < 4.78 is 12.7. The van der Waals surface area contributed by atoms with Crippen LogP contribution in [0.3, 0.4) is 0 Å². The number of rotatable bonds is 2. The zero-order valence-electron chi connectivity index (χ0n) is 7.37. The molecular formula is C9H13FN2O. The molecule has 0 heterocycles. The van der Waals surface area contributed by atoms with Crippen LogP contribution in [0.1, 0.15) is 18.6 Å². The van der Waals surface area contributed by atoms with E-state index in [9.17, 15) is 9.50 Å². The number of hydrogen-bond donors (Lipinski definition) is 3. The molecule has 0 aliphatic carbocycles. The van der Waals surface area contributed by atoms with Gasteiger partial charge in [-0.1, -0.05) is 6.07 Å². The summed E-state index contributed by atoms with van der Waals surface area (Å²) in [6.07, 6.45) is -0.803. The molecule has 0 radical (unpaired) electrons. The summed E-state index contributed by atoms with van der Waals surface area (Å²) in [6.45, 7) is 1.67. The largest absolute Gasteiger partial charge is 0.396 e. The molecule has 0 saturated carbocycles. The Morgan fingerprint density at radius 2 is 2.08 bits per heavy atom. The van der Waals surface area contributed by atoms with Crippen LogP contribution >= 0.6 is 0 Å². The number of benzene rings is 1. The molecule has 0 amide bonds. The van der Waals surface area contributed by atoms with Crippen LogP contribution in [0, 0.1) is 5.82 Å². The standard InChI is InChI=1S/C9H13FN2O/c1-5(11)9(13)6-2-3-7(10)8(12)4-6/h2-5,9,13H,11-12H2,1H3. The van der Waals surface area contributed by atoms with Gasteiger partial charge in [0, 0.05) is 6.04 Å². The van der Waals surface area contributed by atoms with Gasteiger partial charge < -0.3 is 16.6 Å². The molecule has 0 aromatic heterocycles. The van der Waals surface area contributed by atoms with Crippen LogP contribution in [0.5, 0.6) is 0 Å². The quantitative estimate of drug-likeness (QED) is 0.595. The normalized spacial score (nSPS) is 15.4. The summed E-state index contributed by atoms with van der Waals surface area (Å²) in [6, 6.07) is 3.68. The van der Waals surface area contributed by atoms with E-state index >= 15 is 0 Å². The zero-order valence-corrected chi connectivity index (χ0v) is 7.37. The van der Waals surface area contributed by atoms with Crippen molar-refractivity contribution in [3.63, 3.8) is 0 Å². The van der Waals surface area contributed by atoms with Crippen LogP contribution in [0.25, 0.3) is 0 Å². The van der Waals surface area contributed by atoms with Gasteiger partial charge in [-0.2, -0.15) is 0 Å². The van der Waals surface area contributed by atoms with E-state index < -0.39 is 18.0 Å². The second kappa shape index (κ2) is 3.72. The topological polar surface area (TPSA) is 72.3 Å². The minimum Gasteiger partial charge on any atom is -0.396 e. The molecule has 0 aliphatic heterocycles. The molecule has 0 saturated heterocycles. The van der Waals surface area contributed by atoms with E-state index in [1.54, 1.807) is 6.92 Å².